The molecule has 5 heteroatoms. The van der Waals surface area contributed by atoms with Crippen molar-refractivity contribution in [3.63, 3.8) is 0 Å². The number of rotatable bonds is 2. The third kappa shape index (κ3) is 3.06. The van der Waals surface area contributed by atoms with Crippen molar-refractivity contribution in [2.75, 3.05) is 5.75 Å². The summed E-state index contributed by atoms with van der Waals surface area (Å²) in [7, 11) is 0. The Morgan fingerprint density at radius 2 is 2.14 bits per heavy atom. The van der Waals surface area contributed by atoms with Gasteiger partial charge in [-0.15, -0.1) is 0 Å². The fourth-order valence-corrected chi connectivity index (χ4v) is 0.995. The quantitative estimate of drug-likeness (QED) is 0.754. The lowest BCUT2D eigenvalue weighted by atomic mass is 10.2. The Morgan fingerprint density at radius 1 is 1.43 bits per heavy atom. The van der Waals surface area contributed by atoms with E-state index in [1.54, 1.807) is 6.08 Å². The highest BCUT2D eigenvalue weighted by atomic mass is 32.1. The molecule has 76 valence electrons. The van der Waals surface area contributed by atoms with Crippen molar-refractivity contribution in [3.8, 4) is 0 Å². The molecule has 1 aromatic rings. The summed E-state index contributed by atoms with van der Waals surface area (Å²) in [6.07, 6.45) is -0.0403. The van der Waals surface area contributed by atoms with Crippen LogP contribution in [0.4, 0.5) is 13.2 Å². The number of halogens is 3. The van der Waals surface area contributed by atoms with Gasteiger partial charge in [-0.25, -0.2) is 0 Å². The Kier molecular flexibility index (Phi) is 3.57. The first kappa shape index (κ1) is 11.1. The van der Waals surface area contributed by atoms with Crippen molar-refractivity contribution in [2.45, 2.75) is 6.18 Å². The molecule has 0 amide bonds. The predicted molar refractivity (Wildman–Crippen MR) is 52.1 cm³/mol. The van der Waals surface area contributed by atoms with E-state index < -0.39 is 11.7 Å². The maximum absolute atomic E-state index is 12.2. The third-order valence-corrected chi connectivity index (χ3v) is 1.71. The Hall–Kier alpha value is -0.970. The first-order chi connectivity index (χ1) is 6.54. The minimum absolute atomic E-state index is 0.286. The third-order valence-electron chi connectivity index (χ3n) is 1.50. The summed E-state index contributed by atoms with van der Waals surface area (Å²) in [5.41, 5.74) is -0.403. The molecule has 0 saturated carbocycles. The molecular formula is C9H8F3NS. The molecular weight excluding hydrogens is 211 g/mol. The van der Waals surface area contributed by atoms with E-state index in [1.165, 1.54) is 6.08 Å². The fourth-order valence-electron chi connectivity index (χ4n) is 0.889. The van der Waals surface area contributed by atoms with Gasteiger partial charge in [0, 0.05) is 11.9 Å². The minimum Gasteiger partial charge on any atom is -0.257 e. The van der Waals surface area contributed by atoms with E-state index in [1.807, 2.05) is 0 Å². The largest absolute Gasteiger partial charge is 0.416 e. The number of nitrogens with zero attached hydrogens (tertiary/aromatic N) is 1. The lowest BCUT2D eigenvalue weighted by Crippen LogP contribution is -2.05. The maximum atomic E-state index is 12.2. The molecule has 0 radical (unpaired) electrons. The molecule has 0 aromatic carbocycles. The van der Waals surface area contributed by atoms with Gasteiger partial charge in [-0.1, -0.05) is 6.08 Å². The Labute approximate surface area is 85.1 Å². The predicted octanol–water partition coefficient (Wildman–Crippen LogP) is 3.04. The van der Waals surface area contributed by atoms with Crippen LogP contribution in [0, 0.1) is 0 Å². The van der Waals surface area contributed by atoms with Crippen LogP contribution in [-0.2, 0) is 6.18 Å². The van der Waals surface area contributed by atoms with Gasteiger partial charge in [-0.05, 0) is 18.2 Å². The highest BCUT2D eigenvalue weighted by Gasteiger charge is 2.30. The van der Waals surface area contributed by atoms with Crippen molar-refractivity contribution in [2.24, 2.45) is 0 Å². The van der Waals surface area contributed by atoms with Crippen LogP contribution in [0.1, 0.15) is 11.3 Å². The molecule has 0 fully saturated rings. The van der Waals surface area contributed by atoms with Crippen LogP contribution in [0.25, 0.3) is 6.08 Å². The molecule has 0 aliphatic heterocycles. The molecule has 0 atom stereocenters. The molecule has 1 heterocycles. The van der Waals surface area contributed by atoms with Crippen LogP contribution in [0.2, 0.25) is 0 Å². The average molecular weight is 219 g/mol. The van der Waals surface area contributed by atoms with E-state index in [9.17, 15) is 13.2 Å². The van der Waals surface area contributed by atoms with Gasteiger partial charge in [0.15, 0.2) is 0 Å². The standard InChI is InChI=1S/C9H8F3NS/c10-9(11,12)7-3-4-13-8(6-7)2-1-5-14/h1-4,6,14H,5H2. The summed E-state index contributed by atoms with van der Waals surface area (Å²) in [5, 5.41) is 0. The van der Waals surface area contributed by atoms with Gasteiger partial charge < -0.3 is 0 Å². The molecule has 0 spiro atoms. The lowest BCUT2D eigenvalue weighted by Gasteiger charge is -2.05. The van der Waals surface area contributed by atoms with E-state index in [2.05, 4.69) is 17.6 Å². The zero-order valence-electron chi connectivity index (χ0n) is 7.12. The van der Waals surface area contributed by atoms with E-state index in [0.717, 1.165) is 18.3 Å². The summed E-state index contributed by atoms with van der Waals surface area (Å²) in [6.45, 7) is 0. The maximum Gasteiger partial charge on any atom is 0.416 e. The van der Waals surface area contributed by atoms with Gasteiger partial charge in [-0.3, -0.25) is 4.98 Å². The van der Waals surface area contributed by atoms with Gasteiger partial charge in [0.2, 0.25) is 0 Å². The second kappa shape index (κ2) is 4.50. The van der Waals surface area contributed by atoms with Crippen LogP contribution in [0.15, 0.2) is 24.4 Å². The summed E-state index contributed by atoms with van der Waals surface area (Å²) < 4.78 is 36.7. The summed E-state index contributed by atoms with van der Waals surface area (Å²) in [6, 6.07) is 1.94. The van der Waals surface area contributed by atoms with Crippen molar-refractivity contribution in [3.05, 3.63) is 35.7 Å². The van der Waals surface area contributed by atoms with Crippen molar-refractivity contribution >= 4 is 18.7 Å². The fraction of sp³-hybridized carbons (Fsp3) is 0.222. The number of hydrogen-bond donors (Lipinski definition) is 1. The number of hydrogen-bond acceptors (Lipinski definition) is 2. The Balaban J connectivity index is 2.96. The number of alkyl halides is 3. The minimum atomic E-state index is -4.31. The molecule has 0 N–H and O–H groups in total. The first-order valence-electron chi connectivity index (χ1n) is 3.84. The van der Waals surface area contributed by atoms with E-state index in [0.29, 0.717) is 5.75 Å². The number of aromatic nitrogens is 1. The molecule has 0 bridgehead atoms. The van der Waals surface area contributed by atoms with Crippen LogP contribution < -0.4 is 0 Å². The number of pyridine rings is 1. The van der Waals surface area contributed by atoms with Gasteiger partial charge in [0.05, 0.1) is 11.3 Å². The average Bonchev–Trinajstić information content (AvgIpc) is 2.14. The molecule has 0 aliphatic rings. The Bertz CT molecular complexity index is 333. The zero-order valence-corrected chi connectivity index (χ0v) is 8.02. The second-order valence-electron chi connectivity index (χ2n) is 2.55. The molecule has 14 heavy (non-hydrogen) atoms. The van der Waals surface area contributed by atoms with E-state index in [-0.39, 0.29) is 5.69 Å². The van der Waals surface area contributed by atoms with Crippen molar-refractivity contribution < 1.29 is 13.2 Å². The summed E-state index contributed by atoms with van der Waals surface area (Å²) >= 11 is 3.90. The van der Waals surface area contributed by atoms with Crippen molar-refractivity contribution in [1.29, 1.82) is 0 Å². The van der Waals surface area contributed by atoms with Crippen LogP contribution in [-0.4, -0.2) is 10.7 Å². The summed E-state index contributed by atoms with van der Waals surface area (Å²) in [4.78, 5) is 3.77. The molecule has 1 aromatic heterocycles. The van der Waals surface area contributed by atoms with Crippen LogP contribution in [0.3, 0.4) is 0 Å². The topological polar surface area (TPSA) is 12.9 Å². The smallest absolute Gasteiger partial charge is 0.257 e. The van der Waals surface area contributed by atoms with Gasteiger partial charge >= 0.3 is 6.18 Å². The highest BCUT2D eigenvalue weighted by molar-refractivity contribution is 7.80. The second-order valence-corrected chi connectivity index (χ2v) is 2.92. The van der Waals surface area contributed by atoms with E-state index >= 15 is 0 Å². The summed E-state index contributed by atoms with van der Waals surface area (Å²) in [5.74, 6) is 0.470. The van der Waals surface area contributed by atoms with Crippen molar-refractivity contribution in [1.82, 2.24) is 4.98 Å². The SMILES string of the molecule is FC(F)(F)c1ccnc(C=CCS)c1. The monoisotopic (exact) mass is 219 g/mol. The van der Waals surface area contributed by atoms with Crippen LogP contribution >= 0.6 is 12.6 Å². The zero-order chi connectivity index (χ0) is 10.6. The highest BCUT2D eigenvalue weighted by Crippen LogP contribution is 2.29. The van der Waals surface area contributed by atoms with E-state index in [4.69, 9.17) is 0 Å². The normalized spacial score (nSPS) is 12.3. The van der Waals surface area contributed by atoms with Gasteiger partial charge in [0.1, 0.15) is 0 Å². The van der Waals surface area contributed by atoms with Crippen LogP contribution in [0.5, 0.6) is 0 Å². The van der Waals surface area contributed by atoms with Gasteiger partial charge in [-0.2, -0.15) is 25.8 Å². The molecule has 0 unspecified atom stereocenters. The van der Waals surface area contributed by atoms with Gasteiger partial charge in [0.25, 0.3) is 0 Å². The first-order valence-corrected chi connectivity index (χ1v) is 4.48. The molecule has 0 aliphatic carbocycles. The Morgan fingerprint density at radius 3 is 2.71 bits per heavy atom. The molecule has 1 rings (SSSR count). The lowest BCUT2D eigenvalue weighted by molar-refractivity contribution is -0.137. The molecule has 0 saturated heterocycles. The molecule has 1 nitrogen and oxygen atoms in total. The number of thiol groups is 1.